The molecule has 0 radical (unpaired) electrons. The highest BCUT2D eigenvalue weighted by molar-refractivity contribution is 5.94. The Hall–Kier alpha value is -1.62. The number of aromatic nitrogens is 1. The van der Waals surface area contributed by atoms with Crippen molar-refractivity contribution in [1.29, 1.82) is 0 Å². The Balaban J connectivity index is 1.90. The number of nitrogens with one attached hydrogen (secondary N) is 2. The number of nitrogens with two attached hydrogens (primary N) is 1. The van der Waals surface area contributed by atoms with E-state index in [-0.39, 0.29) is 5.91 Å². The van der Waals surface area contributed by atoms with Crippen LogP contribution in [-0.2, 0) is 0 Å². The average Bonchev–Trinajstić information content (AvgIpc) is 2.45. The van der Waals surface area contributed by atoms with Crippen LogP contribution in [0, 0.1) is 18.8 Å². The standard InChI is InChI=1S/C15H24N4O/c1-10-3-5-12(6-4-10)9-17-15(20)13-7-11(2)18-14(8-13)19-16/h7-8,10,12H,3-6,9,16H2,1-2H3,(H,17,20)(H,18,19). The fourth-order valence-corrected chi connectivity index (χ4v) is 2.75. The van der Waals surface area contributed by atoms with Crippen LogP contribution < -0.4 is 16.6 Å². The number of pyridine rings is 1. The van der Waals surface area contributed by atoms with Gasteiger partial charge in [-0.15, -0.1) is 0 Å². The van der Waals surface area contributed by atoms with Gasteiger partial charge in [0, 0.05) is 17.8 Å². The van der Waals surface area contributed by atoms with Crippen molar-refractivity contribution in [3.05, 3.63) is 23.4 Å². The van der Waals surface area contributed by atoms with Gasteiger partial charge >= 0.3 is 0 Å². The Bertz CT molecular complexity index is 467. The summed E-state index contributed by atoms with van der Waals surface area (Å²) in [6, 6.07) is 3.45. The van der Waals surface area contributed by atoms with Crippen LogP contribution in [0.25, 0.3) is 0 Å². The van der Waals surface area contributed by atoms with Gasteiger partial charge in [-0.3, -0.25) is 4.79 Å². The number of hydrazine groups is 1. The van der Waals surface area contributed by atoms with Crippen LogP contribution in [0.2, 0.25) is 0 Å². The molecule has 1 aromatic rings. The predicted molar refractivity (Wildman–Crippen MR) is 80.2 cm³/mol. The zero-order chi connectivity index (χ0) is 14.5. The van der Waals surface area contributed by atoms with Crippen molar-refractivity contribution in [2.24, 2.45) is 17.7 Å². The highest BCUT2D eigenvalue weighted by Gasteiger charge is 2.19. The van der Waals surface area contributed by atoms with Crippen LogP contribution in [0.15, 0.2) is 12.1 Å². The largest absolute Gasteiger partial charge is 0.352 e. The molecule has 0 unspecified atom stereocenters. The molecule has 1 aliphatic carbocycles. The van der Waals surface area contributed by atoms with Gasteiger partial charge in [-0.2, -0.15) is 0 Å². The Kier molecular flexibility index (Phi) is 4.95. The number of hydrogen-bond donors (Lipinski definition) is 3. The van der Waals surface area contributed by atoms with Gasteiger partial charge in [0.05, 0.1) is 0 Å². The first-order valence-corrected chi connectivity index (χ1v) is 7.32. The van der Waals surface area contributed by atoms with Gasteiger partial charge in [0.1, 0.15) is 5.82 Å². The summed E-state index contributed by atoms with van der Waals surface area (Å²) in [7, 11) is 0. The Morgan fingerprint density at radius 2 is 2.05 bits per heavy atom. The average molecular weight is 276 g/mol. The number of amides is 1. The summed E-state index contributed by atoms with van der Waals surface area (Å²) >= 11 is 0. The van der Waals surface area contributed by atoms with Crippen molar-refractivity contribution < 1.29 is 4.79 Å². The number of carbonyl (C=O) groups is 1. The van der Waals surface area contributed by atoms with Crippen LogP contribution in [-0.4, -0.2) is 17.4 Å². The van der Waals surface area contributed by atoms with Gasteiger partial charge in [0.15, 0.2) is 0 Å². The number of nitrogen functional groups attached to an aromatic ring is 1. The lowest BCUT2D eigenvalue weighted by Gasteiger charge is -2.26. The Labute approximate surface area is 120 Å². The van der Waals surface area contributed by atoms with Crippen LogP contribution in [0.4, 0.5) is 5.82 Å². The van der Waals surface area contributed by atoms with Crippen molar-refractivity contribution >= 4 is 11.7 Å². The zero-order valence-corrected chi connectivity index (χ0v) is 12.3. The monoisotopic (exact) mass is 276 g/mol. The predicted octanol–water partition coefficient (Wildman–Crippen LogP) is 2.23. The second kappa shape index (κ2) is 6.70. The molecule has 5 heteroatoms. The van der Waals surface area contributed by atoms with E-state index in [1.807, 2.05) is 6.92 Å². The maximum absolute atomic E-state index is 12.2. The van der Waals surface area contributed by atoms with Crippen LogP contribution in [0.3, 0.4) is 0 Å². The van der Waals surface area contributed by atoms with Gasteiger partial charge in [0.25, 0.3) is 5.91 Å². The third-order valence-electron chi connectivity index (χ3n) is 4.05. The van der Waals surface area contributed by atoms with Crippen LogP contribution >= 0.6 is 0 Å². The molecule has 1 fully saturated rings. The van der Waals surface area contributed by atoms with Crippen molar-refractivity contribution in [3.8, 4) is 0 Å². The molecule has 0 spiro atoms. The van der Waals surface area contributed by atoms with E-state index in [0.29, 0.717) is 17.3 Å². The SMILES string of the molecule is Cc1cc(C(=O)NCC2CCC(C)CC2)cc(NN)n1. The lowest BCUT2D eigenvalue weighted by molar-refractivity contribution is 0.0941. The molecule has 1 heterocycles. The molecule has 4 N–H and O–H groups in total. The second-order valence-electron chi connectivity index (χ2n) is 5.86. The second-order valence-corrected chi connectivity index (χ2v) is 5.86. The molecule has 0 bridgehead atoms. The molecular weight excluding hydrogens is 252 g/mol. The van der Waals surface area contributed by atoms with E-state index in [0.717, 1.165) is 18.2 Å². The molecule has 5 nitrogen and oxygen atoms in total. The fourth-order valence-electron chi connectivity index (χ4n) is 2.75. The molecule has 20 heavy (non-hydrogen) atoms. The number of rotatable bonds is 4. The quantitative estimate of drug-likeness (QED) is 0.582. The molecule has 1 aliphatic rings. The molecule has 2 rings (SSSR count). The normalized spacial score (nSPS) is 22.4. The summed E-state index contributed by atoms with van der Waals surface area (Å²) < 4.78 is 0. The third kappa shape index (κ3) is 3.93. The number of aryl methyl sites for hydroxylation is 1. The highest BCUT2D eigenvalue weighted by Crippen LogP contribution is 2.27. The van der Waals surface area contributed by atoms with Crippen LogP contribution in [0.5, 0.6) is 0 Å². The van der Waals surface area contributed by atoms with E-state index in [2.05, 4.69) is 22.7 Å². The minimum atomic E-state index is -0.0504. The maximum atomic E-state index is 12.2. The van der Waals surface area contributed by atoms with E-state index >= 15 is 0 Å². The van der Waals surface area contributed by atoms with E-state index in [9.17, 15) is 4.79 Å². The first-order valence-electron chi connectivity index (χ1n) is 7.32. The Morgan fingerprint density at radius 1 is 1.35 bits per heavy atom. The summed E-state index contributed by atoms with van der Waals surface area (Å²) in [5.41, 5.74) is 3.86. The minimum absolute atomic E-state index is 0.0504. The topological polar surface area (TPSA) is 80.0 Å². The lowest BCUT2D eigenvalue weighted by atomic mass is 9.83. The molecule has 110 valence electrons. The van der Waals surface area contributed by atoms with Gasteiger partial charge in [-0.05, 0) is 43.7 Å². The minimum Gasteiger partial charge on any atom is -0.352 e. The third-order valence-corrected chi connectivity index (χ3v) is 4.05. The highest BCUT2D eigenvalue weighted by atomic mass is 16.1. The Morgan fingerprint density at radius 3 is 2.70 bits per heavy atom. The molecule has 0 saturated heterocycles. The molecular formula is C15H24N4O. The van der Waals surface area contributed by atoms with Gasteiger partial charge in [0.2, 0.25) is 0 Å². The summed E-state index contributed by atoms with van der Waals surface area (Å²) in [6.07, 6.45) is 4.98. The smallest absolute Gasteiger partial charge is 0.251 e. The van der Waals surface area contributed by atoms with Gasteiger partial charge < -0.3 is 10.7 Å². The molecule has 1 aromatic heterocycles. The number of carbonyl (C=O) groups excluding carboxylic acids is 1. The molecule has 0 aliphatic heterocycles. The van der Waals surface area contributed by atoms with E-state index in [1.54, 1.807) is 12.1 Å². The lowest BCUT2D eigenvalue weighted by Crippen LogP contribution is -2.31. The summed E-state index contributed by atoms with van der Waals surface area (Å²) in [5, 5.41) is 3.03. The summed E-state index contributed by atoms with van der Waals surface area (Å²) in [5.74, 6) is 7.26. The first-order chi connectivity index (χ1) is 9.58. The number of nitrogens with zero attached hydrogens (tertiary/aromatic N) is 1. The van der Waals surface area contributed by atoms with Crippen LogP contribution in [0.1, 0.15) is 48.7 Å². The summed E-state index contributed by atoms with van der Waals surface area (Å²) in [6.45, 7) is 4.91. The van der Waals surface area contributed by atoms with Crippen molar-refractivity contribution in [3.63, 3.8) is 0 Å². The van der Waals surface area contributed by atoms with Crippen molar-refractivity contribution in [2.45, 2.75) is 39.5 Å². The zero-order valence-electron chi connectivity index (χ0n) is 12.3. The van der Waals surface area contributed by atoms with Gasteiger partial charge in [-0.1, -0.05) is 19.8 Å². The van der Waals surface area contributed by atoms with E-state index in [4.69, 9.17) is 5.84 Å². The molecule has 1 saturated carbocycles. The van der Waals surface area contributed by atoms with E-state index in [1.165, 1.54) is 25.7 Å². The summed E-state index contributed by atoms with van der Waals surface area (Å²) in [4.78, 5) is 16.3. The molecule has 0 aromatic carbocycles. The number of anilines is 1. The maximum Gasteiger partial charge on any atom is 0.251 e. The van der Waals surface area contributed by atoms with Crippen molar-refractivity contribution in [2.75, 3.05) is 12.0 Å². The molecule has 0 atom stereocenters. The number of hydrogen-bond acceptors (Lipinski definition) is 4. The van der Waals surface area contributed by atoms with E-state index < -0.39 is 0 Å². The van der Waals surface area contributed by atoms with Gasteiger partial charge in [-0.25, -0.2) is 10.8 Å². The first kappa shape index (κ1) is 14.8. The fraction of sp³-hybridized carbons (Fsp3) is 0.600. The molecule has 1 amide bonds. The van der Waals surface area contributed by atoms with Crippen molar-refractivity contribution in [1.82, 2.24) is 10.3 Å².